The molecule has 0 bridgehead atoms. The molecule has 2 aromatic carbocycles. The third-order valence-electron chi connectivity index (χ3n) is 7.57. The topological polar surface area (TPSA) is 98.6 Å². The summed E-state index contributed by atoms with van der Waals surface area (Å²) in [6.45, 7) is 11.7. The Hall–Kier alpha value is -3.47. The predicted molar refractivity (Wildman–Crippen MR) is 164 cm³/mol. The number of nitrogens with zero attached hydrogens (tertiary/aromatic N) is 4. The highest BCUT2D eigenvalue weighted by molar-refractivity contribution is 9.10. The normalized spacial score (nSPS) is 22.2. The Kier molecular flexibility index (Phi) is 8.57. The van der Waals surface area contributed by atoms with Gasteiger partial charge in [-0.25, -0.2) is 13.9 Å². The number of likely N-dealkylation sites (tertiary alicyclic amines) is 1. The van der Waals surface area contributed by atoms with E-state index >= 15 is 0 Å². The first-order valence-corrected chi connectivity index (χ1v) is 15.4. The highest BCUT2D eigenvalue weighted by Crippen LogP contribution is 2.39. The molecule has 1 aromatic heterocycles. The van der Waals surface area contributed by atoms with E-state index in [1.54, 1.807) is 37.6 Å². The quantitative estimate of drug-likeness (QED) is 0.320. The molecule has 0 radical (unpaired) electrons. The van der Waals surface area contributed by atoms with Crippen molar-refractivity contribution in [2.24, 2.45) is 0 Å². The van der Waals surface area contributed by atoms with Gasteiger partial charge in [0.05, 0.1) is 16.7 Å². The lowest BCUT2D eigenvalue weighted by molar-refractivity contribution is -0.126. The summed E-state index contributed by atoms with van der Waals surface area (Å²) in [5, 5.41) is 11.8. The summed E-state index contributed by atoms with van der Waals surface area (Å²) in [4.78, 5) is 28.2. The fourth-order valence-corrected chi connectivity index (χ4v) is 5.88. The van der Waals surface area contributed by atoms with Gasteiger partial charge in [0.1, 0.15) is 34.5 Å². The van der Waals surface area contributed by atoms with E-state index in [1.165, 1.54) is 11.0 Å². The first-order chi connectivity index (χ1) is 20.1. The molecule has 1 aliphatic carbocycles. The maximum Gasteiger partial charge on any atom is 0.411 e. The van der Waals surface area contributed by atoms with Crippen molar-refractivity contribution in [3.8, 4) is 17.0 Å². The van der Waals surface area contributed by atoms with E-state index in [4.69, 9.17) is 9.47 Å². The molecular weight excluding hydrogens is 617 g/mol. The van der Waals surface area contributed by atoms with Crippen LogP contribution >= 0.6 is 15.9 Å². The van der Waals surface area contributed by atoms with E-state index in [-0.39, 0.29) is 41.9 Å². The summed E-state index contributed by atoms with van der Waals surface area (Å²) in [7, 11) is 0. The van der Waals surface area contributed by atoms with Crippen LogP contribution in [-0.4, -0.2) is 61.7 Å². The summed E-state index contributed by atoms with van der Waals surface area (Å²) in [6, 6.07) is 11.7. The van der Waals surface area contributed by atoms with Gasteiger partial charge in [0.15, 0.2) is 0 Å². The minimum absolute atomic E-state index is 0.0240. The van der Waals surface area contributed by atoms with Gasteiger partial charge in [0, 0.05) is 24.6 Å². The molecule has 1 aliphatic heterocycles. The Balaban J connectivity index is 1.26. The number of hydrogen-bond acceptors (Lipinski definition) is 6. The number of nitrogens with one attached hydrogen (secondary N) is 1. The fraction of sp³-hybridized carbons (Fsp3) is 0.500. The molecule has 9 nitrogen and oxygen atoms in total. The van der Waals surface area contributed by atoms with Crippen molar-refractivity contribution in [2.45, 2.75) is 96.1 Å². The van der Waals surface area contributed by atoms with Crippen molar-refractivity contribution >= 4 is 27.9 Å². The lowest BCUT2D eigenvalue weighted by Crippen LogP contribution is -2.52. The smallest absolute Gasteiger partial charge is 0.411 e. The molecule has 230 valence electrons. The van der Waals surface area contributed by atoms with Gasteiger partial charge in [-0.3, -0.25) is 9.69 Å². The van der Waals surface area contributed by atoms with Crippen molar-refractivity contribution < 1.29 is 23.5 Å². The Bertz CT molecular complexity index is 1470. The molecule has 0 spiro atoms. The molecular formula is C32H39BrFN5O4. The van der Waals surface area contributed by atoms with Gasteiger partial charge in [0.2, 0.25) is 5.91 Å². The number of carbonyl (C=O) groups excluding carboxylic acids is 2. The minimum atomic E-state index is -0.708. The SMILES string of the molecule is CC(C)(C)OC(=O)N1CC(n2cc(-c3ccc(OC(C)(C)C)cc3)nn2)C[C@@H]1C(=O)NC1CC(c2ccc(F)c(Br)c2)C1. The molecule has 2 aliphatic rings. The standard InChI is InChI=1S/C32H39BrFN5O4/c1-31(2,3)42-24-10-7-19(8-11-24)27-18-39(37-36-27)23-16-28(38(17-23)30(41)43-32(4,5)6)29(40)35-22-13-21(14-22)20-9-12-26(34)25(33)15-20/h7-12,15,18,21-23,28H,13-14,16-17H2,1-6H3,(H,35,40)/t21?,22?,23?,28-/m1/s1. The second-order valence-corrected chi connectivity index (χ2v) is 14.3. The van der Waals surface area contributed by atoms with Gasteiger partial charge < -0.3 is 14.8 Å². The molecule has 5 rings (SSSR count). The molecule has 11 heteroatoms. The number of carbonyl (C=O) groups is 2. The zero-order chi connectivity index (χ0) is 31.1. The third-order valence-corrected chi connectivity index (χ3v) is 8.18. The van der Waals surface area contributed by atoms with E-state index < -0.39 is 17.7 Å². The summed E-state index contributed by atoms with van der Waals surface area (Å²) in [5.74, 6) is 0.494. The molecule has 1 saturated heterocycles. The number of hydrogen-bond donors (Lipinski definition) is 1. The van der Waals surface area contributed by atoms with Gasteiger partial charge >= 0.3 is 6.09 Å². The number of benzene rings is 2. The zero-order valence-corrected chi connectivity index (χ0v) is 27.0. The van der Waals surface area contributed by atoms with Crippen molar-refractivity contribution in [1.82, 2.24) is 25.2 Å². The van der Waals surface area contributed by atoms with Gasteiger partial charge in [-0.05, 0) is 118 Å². The Morgan fingerprint density at radius 1 is 1.00 bits per heavy atom. The number of aromatic nitrogens is 3. The summed E-state index contributed by atoms with van der Waals surface area (Å²) in [6.07, 6.45) is 3.19. The lowest BCUT2D eigenvalue weighted by Gasteiger charge is -2.37. The Morgan fingerprint density at radius 3 is 2.33 bits per heavy atom. The number of halogens is 2. The molecule has 2 fully saturated rings. The van der Waals surface area contributed by atoms with Gasteiger partial charge in [-0.2, -0.15) is 0 Å². The average molecular weight is 657 g/mol. The first kappa shape index (κ1) is 31.0. The second kappa shape index (κ2) is 11.9. The predicted octanol–water partition coefficient (Wildman–Crippen LogP) is 6.64. The van der Waals surface area contributed by atoms with Crippen molar-refractivity contribution in [1.29, 1.82) is 0 Å². The van der Waals surface area contributed by atoms with Crippen LogP contribution in [0.1, 0.15) is 78.3 Å². The van der Waals surface area contributed by atoms with Crippen LogP contribution in [0.15, 0.2) is 53.1 Å². The van der Waals surface area contributed by atoms with Crippen LogP contribution in [0.2, 0.25) is 0 Å². The van der Waals surface area contributed by atoms with Crippen LogP contribution in [0, 0.1) is 5.82 Å². The van der Waals surface area contributed by atoms with Crippen LogP contribution in [-0.2, 0) is 9.53 Å². The average Bonchev–Trinajstić information content (AvgIpc) is 3.54. The monoisotopic (exact) mass is 655 g/mol. The second-order valence-electron chi connectivity index (χ2n) is 13.4. The maximum absolute atomic E-state index is 13.7. The molecule has 43 heavy (non-hydrogen) atoms. The molecule has 2 amide bonds. The number of amides is 2. The minimum Gasteiger partial charge on any atom is -0.488 e. The van der Waals surface area contributed by atoms with Crippen LogP contribution in [0.5, 0.6) is 5.75 Å². The van der Waals surface area contributed by atoms with Gasteiger partial charge in [-0.15, -0.1) is 5.10 Å². The largest absolute Gasteiger partial charge is 0.488 e. The summed E-state index contributed by atoms with van der Waals surface area (Å²) in [5.41, 5.74) is 1.61. The first-order valence-electron chi connectivity index (χ1n) is 14.6. The lowest BCUT2D eigenvalue weighted by atomic mass is 9.76. The molecule has 1 unspecified atom stereocenters. The van der Waals surface area contributed by atoms with E-state index in [1.807, 2.05) is 51.2 Å². The Labute approximate surface area is 260 Å². The Morgan fingerprint density at radius 2 is 1.70 bits per heavy atom. The summed E-state index contributed by atoms with van der Waals surface area (Å²) >= 11 is 3.25. The fourth-order valence-electron chi connectivity index (χ4n) is 5.48. The molecule has 1 saturated carbocycles. The molecule has 2 heterocycles. The molecule has 1 N–H and O–H groups in total. The number of ether oxygens (including phenoxy) is 2. The van der Waals surface area contributed by atoms with Crippen LogP contribution < -0.4 is 10.1 Å². The maximum atomic E-state index is 13.7. The highest BCUT2D eigenvalue weighted by atomic mass is 79.9. The summed E-state index contributed by atoms with van der Waals surface area (Å²) < 4.78 is 27.4. The van der Waals surface area contributed by atoms with Crippen molar-refractivity contribution in [2.75, 3.05) is 6.54 Å². The van der Waals surface area contributed by atoms with E-state index in [9.17, 15) is 14.0 Å². The van der Waals surface area contributed by atoms with Crippen molar-refractivity contribution in [3.05, 3.63) is 64.5 Å². The van der Waals surface area contributed by atoms with E-state index in [0.717, 1.165) is 29.7 Å². The highest BCUT2D eigenvalue weighted by Gasteiger charge is 2.44. The van der Waals surface area contributed by atoms with E-state index in [0.29, 0.717) is 16.6 Å². The molecule has 3 aromatic rings. The van der Waals surface area contributed by atoms with Crippen LogP contribution in [0.4, 0.5) is 9.18 Å². The van der Waals surface area contributed by atoms with Crippen molar-refractivity contribution in [3.63, 3.8) is 0 Å². The van der Waals surface area contributed by atoms with Crippen LogP contribution in [0.25, 0.3) is 11.3 Å². The molecule has 2 atom stereocenters. The van der Waals surface area contributed by atoms with E-state index in [2.05, 4.69) is 31.6 Å². The van der Waals surface area contributed by atoms with Gasteiger partial charge in [0.25, 0.3) is 0 Å². The van der Waals surface area contributed by atoms with Gasteiger partial charge in [-0.1, -0.05) is 11.3 Å². The zero-order valence-electron chi connectivity index (χ0n) is 25.4. The number of rotatable bonds is 6. The van der Waals surface area contributed by atoms with Crippen LogP contribution in [0.3, 0.4) is 0 Å². The third kappa shape index (κ3) is 7.55.